The van der Waals surface area contributed by atoms with Crippen molar-refractivity contribution in [2.24, 2.45) is 0 Å². The van der Waals surface area contributed by atoms with Gasteiger partial charge in [-0.25, -0.2) is 0 Å². The van der Waals surface area contributed by atoms with Crippen LogP contribution in [0.1, 0.15) is 31.4 Å². The topological polar surface area (TPSA) is 30.5 Å². The maximum atomic E-state index is 5.71. The zero-order valence-corrected chi connectivity index (χ0v) is 11.8. The van der Waals surface area contributed by atoms with Gasteiger partial charge in [-0.2, -0.15) is 0 Å². The molecule has 17 heavy (non-hydrogen) atoms. The van der Waals surface area contributed by atoms with Crippen molar-refractivity contribution in [1.82, 2.24) is 5.32 Å². The van der Waals surface area contributed by atoms with Crippen molar-refractivity contribution in [3.05, 3.63) is 22.2 Å². The van der Waals surface area contributed by atoms with E-state index < -0.39 is 0 Å². The van der Waals surface area contributed by atoms with Gasteiger partial charge in [0.15, 0.2) is 0 Å². The summed E-state index contributed by atoms with van der Waals surface area (Å²) in [7, 11) is 1.67. The van der Waals surface area contributed by atoms with E-state index in [9.17, 15) is 0 Å². The second-order valence-corrected chi connectivity index (χ2v) is 4.96. The zero-order valence-electron chi connectivity index (χ0n) is 10.3. The SMILES string of the molecule is CCOc1cc(OC)c(Br)cc1C1CCCN1. The van der Waals surface area contributed by atoms with Gasteiger partial charge < -0.3 is 14.8 Å². The Hall–Kier alpha value is -0.740. The molecule has 1 aromatic carbocycles. The standard InChI is InChI=1S/C13H18BrNO2/c1-3-17-12-8-13(16-2)10(14)7-9(12)11-5-4-6-15-11/h7-8,11,15H,3-6H2,1-2H3. The van der Waals surface area contributed by atoms with Gasteiger partial charge in [-0.15, -0.1) is 0 Å². The van der Waals surface area contributed by atoms with Crippen molar-refractivity contribution < 1.29 is 9.47 Å². The molecule has 3 nitrogen and oxygen atoms in total. The van der Waals surface area contributed by atoms with Crippen molar-refractivity contribution in [2.45, 2.75) is 25.8 Å². The monoisotopic (exact) mass is 299 g/mol. The fourth-order valence-corrected chi connectivity index (χ4v) is 2.73. The fourth-order valence-electron chi connectivity index (χ4n) is 2.21. The van der Waals surface area contributed by atoms with Crippen LogP contribution in [0, 0.1) is 0 Å². The summed E-state index contributed by atoms with van der Waals surface area (Å²) in [4.78, 5) is 0. The largest absolute Gasteiger partial charge is 0.495 e. The van der Waals surface area contributed by atoms with E-state index in [1.54, 1.807) is 7.11 Å². The van der Waals surface area contributed by atoms with Gasteiger partial charge in [0.2, 0.25) is 0 Å². The van der Waals surface area contributed by atoms with Crippen molar-refractivity contribution in [1.29, 1.82) is 0 Å². The van der Waals surface area contributed by atoms with Gasteiger partial charge >= 0.3 is 0 Å². The van der Waals surface area contributed by atoms with Gasteiger partial charge in [0.1, 0.15) is 11.5 Å². The molecule has 1 atom stereocenters. The molecule has 0 saturated carbocycles. The molecule has 1 aliphatic heterocycles. The van der Waals surface area contributed by atoms with E-state index in [0.29, 0.717) is 12.6 Å². The Labute approximate surface area is 111 Å². The van der Waals surface area contributed by atoms with Crippen LogP contribution >= 0.6 is 15.9 Å². The lowest BCUT2D eigenvalue weighted by atomic mass is 10.0. The first kappa shape index (κ1) is 12.7. The van der Waals surface area contributed by atoms with E-state index in [0.717, 1.165) is 22.5 Å². The number of benzene rings is 1. The Morgan fingerprint density at radius 3 is 2.82 bits per heavy atom. The van der Waals surface area contributed by atoms with Crippen LogP contribution < -0.4 is 14.8 Å². The molecule has 1 unspecified atom stereocenters. The van der Waals surface area contributed by atoms with Crippen molar-refractivity contribution in [3.63, 3.8) is 0 Å². The van der Waals surface area contributed by atoms with E-state index in [2.05, 4.69) is 27.3 Å². The molecule has 2 rings (SSSR count). The molecule has 4 heteroatoms. The van der Waals surface area contributed by atoms with Crippen molar-refractivity contribution in [3.8, 4) is 11.5 Å². The quantitative estimate of drug-likeness (QED) is 0.925. The minimum absolute atomic E-state index is 0.402. The molecular formula is C13H18BrNO2. The molecule has 0 aromatic heterocycles. The number of methoxy groups -OCH3 is 1. The highest BCUT2D eigenvalue weighted by molar-refractivity contribution is 9.10. The number of hydrogen-bond donors (Lipinski definition) is 1. The molecule has 0 bridgehead atoms. The smallest absolute Gasteiger partial charge is 0.136 e. The minimum atomic E-state index is 0.402. The lowest BCUT2D eigenvalue weighted by Crippen LogP contribution is -2.14. The summed E-state index contributed by atoms with van der Waals surface area (Å²) in [5.41, 5.74) is 1.22. The van der Waals surface area contributed by atoms with Crippen LogP contribution in [0.3, 0.4) is 0 Å². The Morgan fingerprint density at radius 1 is 1.41 bits per heavy atom. The van der Waals surface area contributed by atoms with Gasteiger partial charge in [0, 0.05) is 17.7 Å². The minimum Gasteiger partial charge on any atom is -0.495 e. The van der Waals surface area contributed by atoms with Crippen LogP contribution in [-0.2, 0) is 0 Å². The van der Waals surface area contributed by atoms with Crippen LogP contribution in [0.25, 0.3) is 0 Å². The third kappa shape index (κ3) is 2.75. The number of ether oxygens (including phenoxy) is 2. The molecule has 1 aliphatic rings. The third-order valence-corrected chi connectivity index (χ3v) is 3.64. The van der Waals surface area contributed by atoms with Gasteiger partial charge in [-0.1, -0.05) is 0 Å². The van der Waals surface area contributed by atoms with Crippen LogP contribution in [0.5, 0.6) is 11.5 Å². The van der Waals surface area contributed by atoms with Crippen LogP contribution in [0.4, 0.5) is 0 Å². The van der Waals surface area contributed by atoms with Crippen LogP contribution in [0.2, 0.25) is 0 Å². The van der Waals surface area contributed by atoms with E-state index in [-0.39, 0.29) is 0 Å². The van der Waals surface area contributed by atoms with E-state index in [4.69, 9.17) is 9.47 Å². The molecule has 1 N–H and O–H groups in total. The first-order valence-corrected chi connectivity index (χ1v) is 6.79. The van der Waals surface area contributed by atoms with Crippen molar-refractivity contribution >= 4 is 15.9 Å². The van der Waals surface area contributed by atoms with E-state index >= 15 is 0 Å². The summed E-state index contributed by atoms with van der Waals surface area (Å²) in [5.74, 6) is 1.74. The zero-order chi connectivity index (χ0) is 12.3. The number of rotatable bonds is 4. The molecule has 0 amide bonds. The molecule has 1 heterocycles. The second kappa shape index (κ2) is 5.74. The third-order valence-electron chi connectivity index (χ3n) is 3.02. The highest BCUT2D eigenvalue weighted by Crippen LogP contribution is 2.38. The van der Waals surface area contributed by atoms with Gasteiger partial charge in [-0.3, -0.25) is 0 Å². The van der Waals surface area contributed by atoms with Gasteiger partial charge in [-0.05, 0) is 48.3 Å². The first-order chi connectivity index (χ1) is 8.26. The van der Waals surface area contributed by atoms with Crippen LogP contribution in [-0.4, -0.2) is 20.3 Å². The fraction of sp³-hybridized carbons (Fsp3) is 0.538. The van der Waals surface area contributed by atoms with E-state index in [1.807, 2.05) is 13.0 Å². The summed E-state index contributed by atoms with van der Waals surface area (Å²) < 4.78 is 12.0. The molecular weight excluding hydrogens is 282 g/mol. The predicted molar refractivity (Wildman–Crippen MR) is 71.8 cm³/mol. The summed E-state index contributed by atoms with van der Waals surface area (Å²) in [6.07, 6.45) is 2.39. The Bertz CT molecular complexity index is 389. The Balaban J connectivity index is 2.37. The molecule has 0 radical (unpaired) electrons. The highest BCUT2D eigenvalue weighted by Gasteiger charge is 2.21. The van der Waals surface area contributed by atoms with Crippen molar-refractivity contribution in [2.75, 3.05) is 20.3 Å². The average molecular weight is 300 g/mol. The Morgan fingerprint density at radius 2 is 2.24 bits per heavy atom. The molecule has 1 fully saturated rings. The Kier molecular flexibility index (Phi) is 4.29. The molecule has 94 valence electrons. The summed E-state index contributed by atoms with van der Waals surface area (Å²) in [6.45, 7) is 3.75. The molecule has 1 saturated heterocycles. The molecule has 0 spiro atoms. The van der Waals surface area contributed by atoms with Gasteiger partial charge in [0.05, 0.1) is 18.2 Å². The number of hydrogen-bond acceptors (Lipinski definition) is 3. The van der Waals surface area contributed by atoms with Gasteiger partial charge in [0.25, 0.3) is 0 Å². The normalized spacial score (nSPS) is 19.4. The summed E-state index contributed by atoms with van der Waals surface area (Å²) >= 11 is 3.53. The second-order valence-electron chi connectivity index (χ2n) is 4.11. The predicted octanol–water partition coefficient (Wildman–Crippen LogP) is 3.28. The lowest BCUT2D eigenvalue weighted by Gasteiger charge is -2.18. The molecule has 1 aromatic rings. The maximum Gasteiger partial charge on any atom is 0.136 e. The summed E-state index contributed by atoms with van der Waals surface area (Å²) in [5, 5.41) is 3.49. The number of halogens is 1. The highest BCUT2D eigenvalue weighted by atomic mass is 79.9. The lowest BCUT2D eigenvalue weighted by molar-refractivity contribution is 0.328. The summed E-state index contributed by atoms with van der Waals surface area (Å²) in [6, 6.07) is 4.47. The maximum absolute atomic E-state index is 5.71. The van der Waals surface area contributed by atoms with E-state index in [1.165, 1.54) is 18.4 Å². The molecule has 0 aliphatic carbocycles. The van der Waals surface area contributed by atoms with Crippen LogP contribution in [0.15, 0.2) is 16.6 Å². The average Bonchev–Trinajstić information content (AvgIpc) is 2.84. The first-order valence-electron chi connectivity index (χ1n) is 6.00. The number of nitrogens with one attached hydrogen (secondary N) is 1.